The predicted octanol–water partition coefficient (Wildman–Crippen LogP) is 17.7. The van der Waals surface area contributed by atoms with Crippen LogP contribution in [0.15, 0.2) is 176 Å². The first-order chi connectivity index (χ1) is 58.5. The van der Waals surface area contributed by atoms with E-state index in [1.165, 1.54) is 18.2 Å². The van der Waals surface area contributed by atoms with Crippen molar-refractivity contribution in [3.8, 4) is 50.6 Å². The third-order valence-electron chi connectivity index (χ3n) is 21.9. The predicted molar refractivity (Wildman–Crippen MR) is 469 cm³/mol. The van der Waals surface area contributed by atoms with Crippen molar-refractivity contribution in [1.29, 1.82) is 0 Å². The summed E-state index contributed by atoms with van der Waals surface area (Å²) in [7, 11) is 0. The van der Waals surface area contributed by atoms with Crippen molar-refractivity contribution in [3.05, 3.63) is 232 Å². The minimum atomic E-state index is -4.46. The average molecular weight is 1810 g/mol. The van der Waals surface area contributed by atoms with Gasteiger partial charge < -0.3 is 63.0 Å². The van der Waals surface area contributed by atoms with Crippen molar-refractivity contribution in [2.45, 2.75) is 206 Å². The number of nitrogens with zero attached hydrogens (tertiary/aromatic N) is 8. The number of amides is 5. The van der Waals surface area contributed by atoms with Crippen LogP contribution in [-0.4, -0.2) is 150 Å². The van der Waals surface area contributed by atoms with Gasteiger partial charge in [0.25, 0.3) is 17.7 Å². The van der Waals surface area contributed by atoms with Crippen molar-refractivity contribution >= 4 is 62.9 Å². The molecule has 3 aliphatic rings. The molecule has 0 aliphatic carbocycles. The molecule has 9 aromatic rings. The zero-order chi connectivity index (χ0) is 90.8. The van der Waals surface area contributed by atoms with Crippen LogP contribution in [0.2, 0.25) is 0 Å². The maximum atomic E-state index is 13.6. The molecular formula is C94H111BrF9N12NaO8. The number of pyridine rings is 3. The second-order valence-electron chi connectivity index (χ2n) is 32.0. The van der Waals surface area contributed by atoms with Crippen molar-refractivity contribution in [2.24, 2.45) is 0 Å². The largest absolute Gasteiger partial charge is 1.00 e. The fourth-order valence-corrected chi connectivity index (χ4v) is 15.7. The Morgan fingerprint density at radius 1 is 0.464 bits per heavy atom. The first kappa shape index (κ1) is 100. The van der Waals surface area contributed by atoms with Gasteiger partial charge in [-0.3, -0.25) is 24.0 Å². The standard InChI is InChI=1S/C34H41F3N4O3.C27H29F3N4O2.C24H32N4O3.C9H8BrF3.Na.H/c1-6-7-8-12-31(42)41-22(3)19-40(20-23(41)4)33(43)29-14-13-26(15-21(29)2)27-17-30(32(38)39-18-27)44-24(5)25-10-9-11-28(16-25)34(35,36)37;1-16-14-34(15-17(2)33-16)26(35)20-9-7-19(8-10-20)22-12-24(25(31)32-13-22)36-18(3)21-5-4-6-23(11-21)27(28,29)30;1-4-5-6-7-22(30)28-16(2)14-27(15-17(28)3)24(31)19-10-8-18(9-11-19)20-12-21(29)23(25)26-13-20;1-6(10)7-3-2-4-8(5-7)9(11,12)13;;/h9-11,13-18,22-24H,6-8,12,19-20H2,1-5H3,(H2,38,39);4-13,16-18,33H,14-15H2,1-3H3,(H2,31,32);8-13,16-17,29H,4-7,14-15H2,1-3H3,(H2,25,26);2-6H,1H3;;/q;;;;+1;-1/t22-,23+,24?;16-,17+,18?;16-,17+;;;. The van der Waals surface area contributed by atoms with Crippen molar-refractivity contribution in [3.63, 3.8) is 0 Å². The number of aromatic nitrogens is 3. The van der Waals surface area contributed by atoms with E-state index in [9.17, 15) is 68.6 Å². The number of hydrogen-bond acceptors (Lipinski definition) is 15. The van der Waals surface area contributed by atoms with E-state index in [4.69, 9.17) is 26.7 Å². The number of alkyl halides is 10. The normalized spacial score (nSPS) is 17.9. The summed E-state index contributed by atoms with van der Waals surface area (Å²) < 4.78 is 127. The van der Waals surface area contributed by atoms with Gasteiger partial charge >= 0.3 is 48.1 Å². The van der Waals surface area contributed by atoms with Crippen LogP contribution in [0.4, 0.5) is 57.0 Å². The summed E-state index contributed by atoms with van der Waals surface area (Å²) >= 11 is 3.22. The molecule has 5 amide bonds. The van der Waals surface area contributed by atoms with E-state index in [-0.39, 0.29) is 136 Å². The molecule has 3 aliphatic heterocycles. The van der Waals surface area contributed by atoms with E-state index in [2.05, 4.69) is 63.9 Å². The topological polar surface area (TPSA) is 269 Å². The number of ether oxygens (including phenoxy) is 2. The van der Waals surface area contributed by atoms with Crippen LogP contribution in [0, 0.1) is 6.92 Å². The zero-order valence-electron chi connectivity index (χ0n) is 73.7. The number of carbonyl (C=O) groups is 5. The zero-order valence-corrected chi connectivity index (χ0v) is 76.3. The maximum absolute atomic E-state index is 13.6. The fraction of sp³-hybridized carbons (Fsp3) is 0.404. The van der Waals surface area contributed by atoms with Gasteiger partial charge in [-0.1, -0.05) is 134 Å². The van der Waals surface area contributed by atoms with Gasteiger partial charge in [-0.15, -0.1) is 0 Å². The number of unbranched alkanes of at least 4 members (excludes halogenated alkanes) is 4. The number of benzene rings is 6. The molecule has 3 fully saturated rings. The molecule has 6 heterocycles. The summed E-state index contributed by atoms with van der Waals surface area (Å²) in [5, 5.41) is 13.2. The first-order valence-electron chi connectivity index (χ1n) is 41.6. The minimum Gasteiger partial charge on any atom is -1.00 e. The molecule has 0 radical (unpaired) electrons. The average Bonchev–Trinajstić information content (AvgIpc) is 0.799. The Morgan fingerprint density at radius 3 is 1.18 bits per heavy atom. The molecule has 31 heteroatoms. The van der Waals surface area contributed by atoms with Crippen molar-refractivity contribution in [2.75, 3.05) is 56.5 Å². The van der Waals surface area contributed by atoms with Gasteiger partial charge in [0, 0.05) is 145 Å². The van der Waals surface area contributed by atoms with Gasteiger partial charge in [-0.25, -0.2) is 15.0 Å². The van der Waals surface area contributed by atoms with Gasteiger partial charge in [0.15, 0.2) is 34.7 Å². The quantitative estimate of drug-likeness (QED) is 0.0194. The van der Waals surface area contributed by atoms with Crippen LogP contribution >= 0.6 is 15.9 Å². The molecule has 666 valence electrons. The van der Waals surface area contributed by atoms with Crippen LogP contribution in [0.3, 0.4) is 0 Å². The van der Waals surface area contributed by atoms with E-state index in [1.54, 1.807) is 106 Å². The summed E-state index contributed by atoms with van der Waals surface area (Å²) in [6, 6.07) is 40.5. The number of anilines is 3. The number of carbonyl (C=O) groups excluding carboxylic acids is 5. The maximum Gasteiger partial charge on any atom is 1.00 e. The molecule has 0 saturated carbocycles. The second-order valence-corrected chi connectivity index (χ2v) is 33.4. The van der Waals surface area contributed by atoms with E-state index in [0.717, 1.165) is 103 Å². The molecule has 125 heavy (non-hydrogen) atoms. The molecule has 6 aromatic carbocycles. The third kappa shape index (κ3) is 27.4. The number of nitrogens with one attached hydrogen (secondary N) is 1. The first-order valence-corrected chi connectivity index (χ1v) is 42.5. The van der Waals surface area contributed by atoms with Crippen LogP contribution in [0.5, 0.6) is 17.2 Å². The Hall–Kier alpha value is -10.3. The van der Waals surface area contributed by atoms with E-state index < -0.39 is 47.4 Å². The number of rotatable bonds is 21. The Labute approximate surface area is 757 Å². The molecule has 3 saturated heterocycles. The molecule has 12 rings (SSSR count). The van der Waals surface area contributed by atoms with Crippen molar-refractivity contribution in [1.82, 2.24) is 44.8 Å². The molecule has 3 unspecified atom stereocenters. The van der Waals surface area contributed by atoms with Crippen LogP contribution < -0.4 is 61.5 Å². The summed E-state index contributed by atoms with van der Waals surface area (Å²) in [6.07, 6.45) is -2.62. The minimum absolute atomic E-state index is 0. The van der Waals surface area contributed by atoms with Crippen molar-refractivity contribution < 1.29 is 109 Å². The number of nitrogens with two attached hydrogens (primary N) is 3. The SMILES string of the molecule is CC(Br)c1cccc(C(F)(F)F)c1.CC(Oc1cc(-c2ccc(C(=O)N3C[C@@H](C)N[C@@H](C)C3)cc2)cnc1N)c1cccc(C(F)(F)F)c1.CCCCCC(=O)N1[C@H](C)CN(C(=O)c2ccc(-c3cnc(N)c(O)c3)cc2)C[C@@H]1C.CCCCCC(=O)N1[C@H](C)CN(C(=O)c2ccc(-c3cnc(N)c(OC(C)c4cccc(C(F)(F)F)c4)c3)cc2C)C[C@@H]1C.[H-].[Na+]. The van der Waals surface area contributed by atoms with Gasteiger partial charge in [0.2, 0.25) is 11.8 Å². The summed E-state index contributed by atoms with van der Waals surface area (Å²) in [5.74, 6) is 0.966. The molecule has 9 atom stereocenters. The van der Waals surface area contributed by atoms with Gasteiger partial charge in [0.05, 0.1) is 16.7 Å². The number of halogens is 10. The Bertz CT molecular complexity index is 5120. The van der Waals surface area contributed by atoms with Crippen LogP contribution in [0.1, 0.15) is 216 Å². The van der Waals surface area contributed by atoms with E-state index in [0.29, 0.717) is 96.6 Å². The summed E-state index contributed by atoms with van der Waals surface area (Å²) in [5.41, 5.74) is 24.0. The van der Waals surface area contributed by atoms with E-state index >= 15 is 0 Å². The monoisotopic (exact) mass is 1810 g/mol. The molecular weight excluding hydrogens is 1700 g/mol. The number of nitrogen functional groups attached to an aromatic ring is 3. The summed E-state index contributed by atoms with van der Waals surface area (Å²) in [6.45, 7) is 26.6. The smallest absolute Gasteiger partial charge is 1.00 e. The fourth-order valence-electron chi connectivity index (χ4n) is 15.4. The molecule has 20 nitrogen and oxygen atoms in total. The number of hydrogen-bond donors (Lipinski definition) is 5. The Balaban J connectivity index is 0.000000242. The summed E-state index contributed by atoms with van der Waals surface area (Å²) in [4.78, 5) is 86.9. The van der Waals surface area contributed by atoms with Gasteiger partial charge in [0.1, 0.15) is 12.2 Å². The van der Waals surface area contributed by atoms with E-state index in [1.807, 2.05) is 95.5 Å². The van der Waals surface area contributed by atoms with Gasteiger partial charge in [-0.05, 0) is 200 Å². The number of aromatic hydroxyl groups is 1. The molecule has 3 aromatic heterocycles. The van der Waals surface area contributed by atoms with Gasteiger partial charge in [-0.2, -0.15) is 39.5 Å². The molecule has 0 spiro atoms. The van der Waals surface area contributed by atoms with Crippen LogP contribution in [0.25, 0.3) is 33.4 Å². The molecule has 0 bridgehead atoms. The number of aryl methyl sites for hydroxylation is 1. The second kappa shape index (κ2) is 44.7. The number of piperazine rings is 3. The molecule has 8 N–H and O–H groups in total. The Kier molecular flexibility index (Phi) is 35.8. The Morgan fingerprint density at radius 2 is 0.808 bits per heavy atom. The third-order valence-corrected chi connectivity index (χ3v) is 22.4. The van der Waals surface area contributed by atoms with Crippen LogP contribution in [-0.2, 0) is 28.1 Å².